The lowest BCUT2D eigenvalue weighted by Gasteiger charge is -2.28. The highest BCUT2D eigenvalue weighted by molar-refractivity contribution is 5.97. The molecule has 1 aliphatic heterocycles. The monoisotopic (exact) mass is 340 g/mol. The molecule has 3 rings (SSSR count). The molecule has 0 aliphatic carbocycles. The Labute approximate surface area is 145 Å². The minimum atomic E-state index is -0.616. The maximum atomic E-state index is 12.5. The predicted octanol–water partition coefficient (Wildman–Crippen LogP) is 2.22. The van der Waals surface area contributed by atoms with Crippen LogP contribution in [0, 0.1) is 0 Å². The van der Waals surface area contributed by atoms with Crippen LogP contribution in [0.1, 0.15) is 40.1 Å². The van der Waals surface area contributed by atoms with Gasteiger partial charge in [0.2, 0.25) is 5.91 Å². The number of rotatable bonds is 4. The van der Waals surface area contributed by atoms with Crippen LogP contribution in [0.3, 0.4) is 0 Å². The topological polar surface area (TPSA) is 90.7 Å². The van der Waals surface area contributed by atoms with Gasteiger partial charge in [-0.05, 0) is 55.8 Å². The smallest absolute Gasteiger partial charge is 0.251 e. The number of nitrogens with one attached hydrogen (secondary N) is 1. The van der Waals surface area contributed by atoms with Gasteiger partial charge in [0.05, 0.1) is 5.54 Å². The van der Waals surface area contributed by atoms with Gasteiger partial charge < -0.3 is 20.5 Å². The second-order valence-corrected chi connectivity index (χ2v) is 6.38. The van der Waals surface area contributed by atoms with E-state index in [-0.39, 0.29) is 5.91 Å². The van der Waals surface area contributed by atoms with Crippen molar-refractivity contribution >= 4 is 11.8 Å². The van der Waals surface area contributed by atoms with E-state index >= 15 is 0 Å². The van der Waals surface area contributed by atoms with Crippen LogP contribution in [0.2, 0.25) is 0 Å². The molecule has 0 saturated heterocycles. The maximum Gasteiger partial charge on any atom is 0.251 e. The second-order valence-electron chi connectivity index (χ2n) is 6.38. The lowest BCUT2D eigenvalue weighted by molar-refractivity contribution is 0.0910. The van der Waals surface area contributed by atoms with Gasteiger partial charge in [-0.2, -0.15) is 0 Å². The fourth-order valence-corrected chi connectivity index (χ4v) is 2.65. The Morgan fingerprint density at radius 2 is 1.56 bits per heavy atom. The molecule has 0 fully saturated rings. The Hall–Kier alpha value is -3.02. The molecule has 6 heteroatoms. The number of primary amides is 1. The number of carbonyl (C=O) groups excluding carboxylic acids is 2. The molecule has 1 aliphatic rings. The van der Waals surface area contributed by atoms with Gasteiger partial charge in [0.1, 0.15) is 13.2 Å². The third kappa shape index (κ3) is 3.57. The molecule has 0 bridgehead atoms. The molecule has 25 heavy (non-hydrogen) atoms. The first-order valence-electron chi connectivity index (χ1n) is 7.99. The van der Waals surface area contributed by atoms with Gasteiger partial charge in [-0.25, -0.2) is 0 Å². The molecule has 1 heterocycles. The highest BCUT2D eigenvalue weighted by atomic mass is 16.6. The Morgan fingerprint density at radius 1 is 0.960 bits per heavy atom. The van der Waals surface area contributed by atoms with Crippen LogP contribution in [0.25, 0.3) is 0 Å². The van der Waals surface area contributed by atoms with Crippen molar-refractivity contribution in [3.8, 4) is 11.5 Å². The minimum Gasteiger partial charge on any atom is -0.486 e. The zero-order chi connectivity index (χ0) is 18.0. The summed E-state index contributed by atoms with van der Waals surface area (Å²) in [6.45, 7) is 4.87. The molecule has 0 atom stereocenters. The summed E-state index contributed by atoms with van der Waals surface area (Å²) in [7, 11) is 0. The Balaban J connectivity index is 1.78. The van der Waals surface area contributed by atoms with E-state index in [1.165, 1.54) is 12.1 Å². The Kier molecular flexibility index (Phi) is 4.35. The molecule has 0 unspecified atom stereocenters. The van der Waals surface area contributed by atoms with Crippen molar-refractivity contribution in [1.82, 2.24) is 5.32 Å². The molecule has 2 amide bonds. The lowest BCUT2D eigenvalue weighted by atomic mass is 9.93. The van der Waals surface area contributed by atoms with Gasteiger partial charge >= 0.3 is 0 Å². The molecule has 130 valence electrons. The van der Waals surface area contributed by atoms with E-state index in [2.05, 4.69) is 5.32 Å². The number of carbonyl (C=O) groups is 2. The van der Waals surface area contributed by atoms with E-state index in [0.29, 0.717) is 35.8 Å². The summed E-state index contributed by atoms with van der Waals surface area (Å²) in [5, 5.41) is 2.99. The molecule has 3 N–H and O–H groups in total. The van der Waals surface area contributed by atoms with Crippen molar-refractivity contribution in [1.29, 1.82) is 0 Å². The summed E-state index contributed by atoms with van der Waals surface area (Å²) >= 11 is 0. The molecule has 2 aromatic rings. The molecule has 2 aromatic carbocycles. The Bertz CT molecular complexity index is 813. The molecular weight excluding hydrogens is 320 g/mol. The quantitative estimate of drug-likeness (QED) is 0.893. The largest absolute Gasteiger partial charge is 0.486 e. The third-order valence-electron chi connectivity index (χ3n) is 4.12. The number of hydrogen-bond acceptors (Lipinski definition) is 4. The molecule has 0 spiro atoms. The second kappa shape index (κ2) is 6.47. The average Bonchev–Trinajstić information content (AvgIpc) is 2.61. The summed E-state index contributed by atoms with van der Waals surface area (Å²) in [4.78, 5) is 23.6. The zero-order valence-electron chi connectivity index (χ0n) is 14.2. The van der Waals surface area contributed by atoms with Gasteiger partial charge in [0, 0.05) is 11.1 Å². The minimum absolute atomic E-state index is 0.240. The van der Waals surface area contributed by atoms with Crippen LogP contribution in [-0.4, -0.2) is 25.0 Å². The van der Waals surface area contributed by atoms with Gasteiger partial charge in [-0.1, -0.05) is 6.07 Å². The number of hydrogen-bond donors (Lipinski definition) is 2. The SMILES string of the molecule is CC(C)(NC(=O)c1ccc(C(N)=O)cc1)c1ccc2c(c1)OCCO2. The lowest BCUT2D eigenvalue weighted by Crippen LogP contribution is -2.41. The molecule has 0 saturated carbocycles. The van der Waals surface area contributed by atoms with E-state index in [0.717, 1.165) is 5.56 Å². The van der Waals surface area contributed by atoms with Crippen LogP contribution in [0.15, 0.2) is 42.5 Å². The number of benzene rings is 2. The molecule has 0 radical (unpaired) electrons. The Morgan fingerprint density at radius 3 is 2.20 bits per heavy atom. The molecular formula is C19H20N2O4. The van der Waals surface area contributed by atoms with E-state index in [4.69, 9.17) is 15.2 Å². The van der Waals surface area contributed by atoms with Crippen LogP contribution in [0.5, 0.6) is 11.5 Å². The first-order chi connectivity index (χ1) is 11.9. The summed E-state index contributed by atoms with van der Waals surface area (Å²) in [6, 6.07) is 11.9. The van der Waals surface area contributed by atoms with Crippen LogP contribution >= 0.6 is 0 Å². The number of amides is 2. The van der Waals surface area contributed by atoms with E-state index in [1.807, 2.05) is 32.0 Å². The van der Waals surface area contributed by atoms with Crippen molar-refractivity contribution < 1.29 is 19.1 Å². The summed E-state index contributed by atoms with van der Waals surface area (Å²) < 4.78 is 11.1. The molecule has 0 aromatic heterocycles. The van der Waals surface area contributed by atoms with Crippen LogP contribution in [0.4, 0.5) is 0 Å². The van der Waals surface area contributed by atoms with Crippen molar-refractivity contribution in [3.63, 3.8) is 0 Å². The average molecular weight is 340 g/mol. The third-order valence-corrected chi connectivity index (χ3v) is 4.12. The van der Waals surface area contributed by atoms with Crippen molar-refractivity contribution in [2.24, 2.45) is 5.73 Å². The standard InChI is InChI=1S/C19H20N2O4/c1-19(2,14-7-8-15-16(11-14)25-10-9-24-15)21-18(23)13-5-3-12(4-6-13)17(20)22/h3-8,11H,9-10H2,1-2H3,(H2,20,22)(H,21,23). The zero-order valence-corrected chi connectivity index (χ0v) is 14.2. The number of nitrogens with two attached hydrogens (primary N) is 1. The van der Waals surface area contributed by atoms with Crippen molar-refractivity contribution in [3.05, 3.63) is 59.2 Å². The fraction of sp³-hybridized carbons (Fsp3) is 0.263. The van der Waals surface area contributed by atoms with Crippen LogP contribution < -0.4 is 20.5 Å². The number of ether oxygens (including phenoxy) is 2. The predicted molar refractivity (Wildman–Crippen MR) is 92.9 cm³/mol. The van der Waals surface area contributed by atoms with E-state index < -0.39 is 11.4 Å². The first kappa shape index (κ1) is 16.8. The van der Waals surface area contributed by atoms with Crippen molar-refractivity contribution in [2.75, 3.05) is 13.2 Å². The normalized spacial score (nSPS) is 13.2. The summed E-state index contributed by atoms with van der Waals surface area (Å²) in [6.07, 6.45) is 0. The first-order valence-corrected chi connectivity index (χ1v) is 7.99. The highest BCUT2D eigenvalue weighted by Gasteiger charge is 2.25. The van der Waals surface area contributed by atoms with Gasteiger partial charge in [-0.15, -0.1) is 0 Å². The van der Waals surface area contributed by atoms with Gasteiger partial charge in [0.15, 0.2) is 11.5 Å². The maximum absolute atomic E-state index is 12.5. The fourth-order valence-electron chi connectivity index (χ4n) is 2.65. The number of fused-ring (bicyclic) bond motifs is 1. The van der Waals surface area contributed by atoms with Crippen molar-refractivity contribution in [2.45, 2.75) is 19.4 Å². The molecule has 6 nitrogen and oxygen atoms in total. The van der Waals surface area contributed by atoms with Gasteiger partial charge in [0.25, 0.3) is 5.91 Å². The van der Waals surface area contributed by atoms with Gasteiger partial charge in [-0.3, -0.25) is 9.59 Å². The van der Waals surface area contributed by atoms with E-state index in [1.54, 1.807) is 12.1 Å². The van der Waals surface area contributed by atoms with Crippen LogP contribution in [-0.2, 0) is 5.54 Å². The summed E-state index contributed by atoms with van der Waals surface area (Å²) in [5.41, 5.74) is 6.32. The van der Waals surface area contributed by atoms with E-state index in [9.17, 15) is 9.59 Å². The summed E-state index contributed by atoms with van der Waals surface area (Å²) in [5.74, 6) is 0.621. The highest BCUT2D eigenvalue weighted by Crippen LogP contribution is 2.34.